The number of hydrogen-bond donors (Lipinski definition) is 2. The molecule has 0 aliphatic heterocycles. The first-order chi connectivity index (χ1) is 9.95. The maximum atomic E-state index is 12.3. The molecular formula is C14H13ClN2O3S. The summed E-state index contributed by atoms with van der Waals surface area (Å²) < 4.78 is 4.69. The van der Waals surface area contributed by atoms with Gasteiger partial charge in [-0.1, -0.05) is 17.7 Å². The Morgan fingerprint density at radius 2 is 2.10 bits per heavy atom. The van der Waals surface area contributed by atoms with Crippen molar-refractivity contribution >= 4 is 46.2 Å². The van der Waals surface area contributed by atoms with E-state index in [1.807, 2.05) is 0 Å². The van der Waals surface area contributed by atoms with Gasteiger partial charge in [-0.05, 0) is 30.0 Å². The smallest absolute Gasteiger partial charge is 0.350 e. The number of esters is 1. The molecule has 0 aliphatic carbocycles. The molecule has 110 valence electrons. The number of nitrogen functional groups attached to an aromatic ring is 1. The van der Waals surface area contributed by atoms with Gasteiger partial charge >= 0.3 is 5.97 Å². The summed E-state index contributed by atoms with van der Waals surface area (Å²) in [5, 5.41) is 4.76. The number of anilines is 2. The van der Waals surface area contributed by atoms with Crippen LogP contribution in [0.4, 0.5) is 11.4 Å². The second kappa shape index (κ2) is 6.15. The number of amides is 1. The molecule has 21 heavy (non-hydrogen) atoms. The van der Waals surface area contributed by atoms with E-state index in [0.717, 1.165) is 5.56 Å². The molecule has 0 saturated heterocycles. The lowest BCUT2D eigenvalue weighted by molar-refractivity contribution is 0.0607. The van der Waals surface area contributed by atoms with Gasteiger partial charge in [0, 0.05) is 0 Å². The lowest BCUT2D eigenvalue weighted by Gasteiger charge is -2.10. The SMILES string of the molecule is COC(=O)c1scc(C)c1NC(=O)c1cccc(Cl)c1N. The Bertz CT molecular complexity index is 712. The van der Waals surface area contributed by atoms with Crippen molar-refractivity contribution in [2.75, 3.05) is 18.2 Å². The van der Waals surface area contributed by atoms with E-state index >= 15 is 0 Å². The second-order valence-corrected chi connectivity index (χ2v) is 5.56. The Kier molecular flexibility index (Phi) is 4.50. The predicted molar refractivity (Wildman–Crippen MR) is 84.2 cm³/mol. The van der Waals surface area contributed by atoms with Crippen LogP contribution < -0.4 is 11.1 Å². The maximum Gasteiger partial charge on any atom is 0.350 e. The van der Waals surface area contributed by atoms with Crippen molar-refractivity contribution in [3.8, 4) is 0 Å². The van der Waals surface area contributed by atoms with Gasteiger partial charge < -0.3 is 15.8 Å². The van der Waals surface area contributed by atoms with Crippen LogP contribution >= 0.6 is 22.9 Å². The average Bonchev–Trinajstić information content (AvgIpc) is 2.82. The number of para-hydroxylation sites is 1. The molecule has 2 rings (SSSR count). The summed E-state index contributed by atoms with van der Waals surface area (Å²) in [4.78, 5) is 24.3. The molecule has 0 radical (unpaired) electrons. The van der Waals surface area contributed by atoms with Crippen LogP contribution in [0.3, 0.4) is 0 Å². The van der Waals surface area contributed by atoms with E-state index in [1.54, 1.807) is 30.5 Å². The molecule has 1 aromatic heterocycles. The van der Waals surface area contributed by atoms with Crippen molar-refractivity contribution in [1.29, 1.82) is 0 Å². The first kappa shape index (κ1) is 15.3. The Morgan fingerprint density at radius 3 is 2.76 bits per heavy atom. The minimum Gasteiger partial charge on any atom is -0.465 e. The van der Waals surface area contributed by atoms with Crippen LogP contribution in [0.25, 0.3) is 0 Å². The summed E-state index contributed by atoms with van der Waals surface area (Å²) in [5.74, 6) is -0.927. The van der Waals surface area contributed by atoms with Crippen molar-refractivity contribution in [3.05, 3.63) is 44.6 Å². The number of nitrogens with one attached hydrogen (secondary N) is 1. The summed E-state index contributed by atoms with van der Waals surface area (Å²) in [6.45, 7) is 1.79. The number of nitrogens with two attached hydrogens (primary N) is 1. The summed E-state index contributed by atoms with van der Waals surface area (Å²) in [7, 11) is 1.29. The van der Waals surface area contributed by atoms with Crippen LogP contribution in [0.2, 0.25) is 5.02 Å². The zero-order valence-corrected chi connectivity index (χ0v) is 13.0. The van der Waals surface area contributed by atoms with Gasteiger partial charge in [0.2, 0.25) is 0 Å². The second-order valence-electron chi connectivity index (χ2n) is 4.27. The molecule has 5 nitrogen and oxygen atoms in total. The number of thiophene rings is 1. The number of halogens is 1. The molecule has 1 heterocycles. The van der Waals surface area contributed by atoms with E-state index in [1.165, 1.54) is 18.4 Å². The van der Waals surface area contributed by atoms with E-state index in [4.69, 9.17) is 22.1 Å². The Hall–Kier alpha value is -2.05. The fourth-order valence-electron chi connectivity index (χ4n) is 1.76. The van der Waals surface area contributed by atoms with Crippen LogP contribution in [0.5, 0.6) is 0 Å². The van der Waals surface area contributed by atoms with Crippen molar-refractivity contribution in [1.82, 2.24) is 0 Å². The number of aryl methyl sites for hydroxylation is 1. The summed E-state index contributed by atoms with van der Waals surface area (Å²) in [6.07, 6.45) is 0. The highest BCUT2D eigenvalue weighted by molar-refractivity contribution is 7.12. The van der Waals surface area contributed by atoms with Crippen LogP contribution in [0, 0.1) is 6.92 Å². The van der Waals surface area contributed by atoms with Gasteiger partial charge in [-0.2, -0.15) is 0 Å². The zero-order valence-electron chi connectivity index (χ0n) is 11.4. The Morgan fingerprint density at radius 1 is 1.38 bits per heavy atom. The maximum absolute atomic E-state index is 12.3. The number of benzene rings is 1. The fraction of sp³-hybridized carbons (Fsp3) is 0.143. The predicted octanol–water partition coefficient (Wildman–Crippen LogP) is 3.33. The number of ether oxygens (including phenoxy) is 1. The number of hydrogen-bond acceptors (Lipinski definition) is 5. The molecule has 0 atom stereocenters. The Balaban J connectivity index is 2.34. The van der Waals surface area contributed by atoms with Crippen molar-refractivity contribution in [3.63, 3.8) is 0 Å². The number of methoxy groups -OCH3 is 1. The van der Waals surface area contributed by atoms with Gasteiger partial charge in [-0.25, -0.2) is 4.79 Å². The van der Waals surface area contributed by atoms with Gasteiger partial charge in [0.05, 0.1) is 29.1 Å². The molecule has 0 saturated carbocycles. The largest absolute Gasteiger partial charge is 0.465 e. The van der Waals surface area contributed by atoms with Gasteiger partial charge in [0.1, 0.15) is 4.88 Å². The highest BCUT2D eigenvalue weighted by atomic mass is 35.5. The molecule has 2 aromatic rings. The van der Waals surface area contributed by atoms with Gasteiger partial charge in [0.15, 0.2) is 0 Å². The monoisotopic (exact) mass is 324 g/mol. The molecule has 3 N–H and O–H groups in total. The minimum absolute atomic E-state index is 0.198. The molecule has 0 bridgehead atoms. The fourth-order valence-corrected chi connectivity index (χ4v) is 2.85. The van der Waals surface area contributed by atoms with E-state index in [-0.39, 0.29) is 11.3 Å². The first-order valence-corrected chi connectivity index (χ1v) is 7.23. The zero-order chi connectivity index (χ0) is 15.6. The third kappa shape index (κ3) is 3.01. The highest BCUT2D eigenvalue weighted by Gasteiger charge is 2.20. The Labute approximate surface area is 130 Å². The van der Waals surface area contributed by atoms with Gasteiger partial charge in [0.25, 0.3) is 5.91 Å². The third-order valence-electron chi connectivity index (χ3n) is 2.88. The third-order valence-corrected chi connectivity index (χ3v) is 4.29. The minimum atomic E-state index is -0.498. The van der Waals surface area contributed by atoms with Crippen LogP contribution in [-0.2, 0) is 4.74 Å². The molecule has 1 amide bonds. The molecule has 0 aliphatic rings. The molecular weight excluding hydrogens is 312 g/mol. The normalized spacial score (nSPS) is 10.2. The van der Waals surface area contributed by atoms with Crippen molar-refractivity contribution < 1.29 is 14.3 Å². The first-order valence-electron chi connectivity index (χ1n) is 5.97. The van der Waals surface area contributed by atoms with E-state index in [2.05, 4.69) is 5.32 Å². The summed E-state index contributed by atoms with van der Waals surface area (Å²) >= 11 is 7.10. The number of rotatable bonds is 3. The lowest BCUT2D eigenvalue weighted by atomic mass is 10.1. The molecule has 1 aromatic carbocycles. The average molecular weight is 325 g/mol. The van der Waals surface area contributed by atoms with Crippen molar-refractivity contribution in [2.24, 2.45) is 0 Å². The van der Waals surface area contributed by atoms with Crippen molar-refractivity contribution in [2.45, 2.75) is 6.92 Å². The van der Waals surface area contributed by atoms with Crippen LogP contribution in [0.15, 0.2) is 23.6 Å². The quantitative estimate of drug-likeness (QED) is 0.670. The highest BCUT2D eigenvalue weighted by Crippen LogP contribution is 2.30. The van der Waals surface area contributed by atoms with E-state index < -0.39 is 11.9 Å². The lowest BCUT2D eigenvalue weighted by Crippen LogP contribution is -2.16. The summed E-state index contributed by atoms with van der Waals surface area (Å²) in [5.41, 5.74) is 7.44. The van der Waals surface area contributed by atoms with Crippen LogP contribution in [0.1, 0.15) is 25.6 Å². The number of carbonyl (C=O) groups excluding carboxylic acids is 2. The van der Waals surface area contributed by atoms with E-state index in [9.17, 15) is 9.59 Å². The van der Waals surface area contributed by atoms with Gasteiger partial charge in [-0.3, -0.25) is 4.79 Å². The molecule has 0 unspecified atom stereocenters. The van der Waals surface area contributed by atoms with E-state index in [0.29, 0.717) is 15.6 Å². The summed E-state index contributed by atoms with van der Waals surface area (Å²) in [6, 6.07) is 4.80. The number of carbonyl (C=O) groups is 2. The molecule has 7 heteroatoms. The van der Waals surface area contributed by atoms with Crippen LogP contribution in [-0.4, -0.2) is 19.0 Å². The molecule has 0 spiro atoms. The standard InChI is InChI=1S/C14H13ClN2O3S/c1-7-6-21-12(14(19)20-2)11(7)17-13(18)8-4-3-5-9(15)10(8)16/h3-6H,16H2,1-2H3,(H,17,18). The topological polar surface area (TPSA) is 81.4 Å². The molecule has 0 fully saturated rings. The van der Waals surface area contributed by atoms with Gasteiger partial charge in [-0.15, -0.1) is 11.3 Å².